The van der Waals surface area contributed by atoms with Crippen LogP contribution < -0.4 is 4.90 Å². The summed E-state index contributed by atoms with van der Waals surface area (Å²) in [4.78, 5) is 30.0. The molecule has 27 heavy (non-hydrogen) atoms. The van der Waals surface area contributed by atoms with Crippen LogP contribution in [0, 0.1) is 25.2 Å². The van der Waals surface area contributed by atoms with Gasteiger partial charge in [-0.3, -0.25) is 4.79 Å². The minimum Gasteiger partial charge on any atom is -0.451 e. The van der Waals surface area contributed by atoms with Crippen molar-refractivity contribution in [2.45, 2.75) is 20.3 Å². The number of nitrogens with zero attached hydrogens (tertiary/aromatic N) is 3. The molecule has 0 radical (unpaired) electrons. The molecule has 0 fully saturated rings. The monoisotopic (exact) mass is 405 g/mol. The third-order valence-corrected chi connectivity index (χ3v) is 4.11. The van der Waals surface area contributed by atoms with Crippen molar-refractivity contribution in [3.8, 4) is 6.07 Å². The van der Waals surface area contributed by atoms with Gasteiger partial charge in [-0.15, -0.1) is 0 Å². The second-order valence-electron chi connectivity index (χ2n) is 5.84. The Morgan fingerprint density at radius 2 is 1.85 bits per heavy atom. The van der Waals surface area contributed by atoms with Gasteiger partial charge < -0.3 is 9.64 Å². The van der Waals surface area contributed by atoms with Crippen LogP contribution in [0.1, 0.15) is 28.0 Å². The van der Waals surface area contributed by atoms with E-state index in [1.807, 2.05) is 38.1 Å². The predicted molar refractivity (Wildman–Crippen MR) is 103 cm³/mol. The number of amides is 1. The number of benzene rings is 1. The highest BCUT2D eigenvalue weighted by atomic mass is 35.5. The molecule has 0 saturated heterocycles. The molecule has 0 atom stereocenters. The van der Waals surface area contributed by atoms with Gasteiger partial charge in [0.15, 0.2) is 12.3 Å². The number of ether oxygens (including phenoxy) is 1. The van der Waals surface area contributed by atoms with Crippen molar-refractivity contribution in [1.29, 1.82) is 5.26 Å². The van der Waals surface area contributed by atoms with Crippen molar-refractivity contribution in [3.05, 3.63) is 57.3 Å². The summed E-state index contributed by atoms with van der Waals surface area (Å²) in [5.74, 6) is -1.31. The lowest BCUT2D eigenvalue weighted by Crippen LogP contribution is -2.35. The number of rotatable bonds is 6. The Labute approximate surface area is 167 Å². The first-order valence-corrected chi connectivity index (χ1v) is 8.82. The molecule has 1 aromatic carbocycles. The topological polar surface area (TPSA) is 83.3 Å². The van der Waals surface area contributed by atoms with Crippen molar-refractivity contribution >= 4 is 40.8 Å². The highest BCUT2D eigenvalue weighted by Gasteiger charge is 2.20. The van der Waals surface area contributed by atoms with Gasteiger partial charge in [0.2, 0.25) is 0 Å². The van der Waals surface area contributed by atoms with Crippen molar-refractivity contribution < 1.29 is 14.3 Å². The molecule has 0 saturated carbocycles. The number of aromatic nitrogens is 1. The van der Waals surface area contributed by atoms with Gasteiger partial charge in [-0.05, 0) is 49.2 Å². The zero-order valence-corrected chi connectivity index (χ0v) is 16.3. The van der Waals surface area contributed by atoms with E-state index in [4.69, 9.17) is 33.2 Å². The normalized spacial score (nSPS) is 10.2. The summed E-state index contributed by atoms with van der Waals surface area (Å²) in [5, 5.41) is 9.03. The van der Waals surface area contributed by atoms with Gasteiger partial charge in [-0.2, -0.15) is 5.26 Å². The summed E-state index contributed by atoms with van der Waals surface area (Å²) in [6, 6.07) is 10.5. The van der Waals surface area contributed by atoms with Gasteiger partial charge in [0.1, 0.15) is 5.15 Å². The van der Waals surface area contributed by atoms with Crippen LogP contribution >= 0.6 is 23.2 Å². The molecule has 0 spiro atoms. The summed E-state index contributed by atoms with van der Waals surface area (Å²) in [5.41, 5.74) is 2.44. The molecular weight excluding hydrogens is 389 g/mol. The second kappa shape index (κ2) is 9.36. The fraction of sp³-hybridized carbons (Fsp3) is 0.263. The Bertz CT molecular complexity index is 889. The van der Waals surface area contributed by atoms with Crippen molar-refractivity contribution in [2.24, 2.45) is 0 Å². The molecule has 0 aliphatic carbocycles. The number of pyridine rings is 1. The van der Waals surface area contributed by atoms with E-state index in [0.29, 0.717) is 5.69 Å². The lowest BCUT2D eigenvalue weighted by atomic mass is 10.1. The Kier molecular flexibility index (Phi) is 7.17. The van der Waals surface area contributed by atoms with Crippen LogP contribution in [0.3, 0.4) is 0 Å². The Morgan fingerprint density at radius 1 is 1.19 bits per heavy atom. The molecule has 0 aliphatic heterocycles. The molecule has 0 bridgehead atoms. The summed E-state index contributed by atoms with van der Waals surface area (Å²) < 4.78 is 5.05. The molecule has 1 aromatic heterocycles. The van der Waals surface area contributed by atoms with Crippen LogP contribution in [0.4, 0.5) is 5.69 Å². The van der Waals surface area contributed by atoms with E-state index < -0.39 is 18.5 Å². The molecular formula is C19H17Cl2N3O3. The first-order chi connectivity index (χ1) is 12.8. The van der Waals surface area contributed by atoms with Crippen molar-refractivity contribution in [1.82, 2.24) is 4.98 Å². The average Bonchev–Trinajstić information content (AvgIpc) is 2.61. The lowest BCUT2D eigenvalue weighted by Gasteiger charge is -2.22. The van der Waals surface area contributed by atoms with Gasteiger partial charge in [-0.25, -0.2) is 9.78 Å². The van der Waals surface area contributed by atoms with E-state index in [1.54, 1.807) is 0 Å². The fourth-order valence-electron chi connectivity index (χ4n) is 2.50. The molecule has 0 N–H and O–H groups in total. The van der Waals surface area contributed by atoms with Gasteiger partial charge in [-0.1, -0.05) is 29.3 Å². The number of carbonyl (C=O) groups excluding carboxylic acids is 2. The maximum Gasteiger partial charge on any atom is 0.359 e. The number of halogens is 2. The van der Waals surface area contributed by atoms with E-state index in [-0.39, 0.29) is 28.8 Å². The number of aryl methyl sites for hydroxylation is 2. The number of carbonyl (C=O) groups is 2. The zero-order valence-electron chi connectivity index (χ0n) is 14.8. The first-order valence-electron chi connectivity index (χ1n) is 8.06. The number of anilines is 1. The minimum atomic E-state index is -0.850. The third kappa shape index (κ3) is 5.68. The van der Waals surface area contributed by atoms with Crippen molar-refractivity contribution in [3.63, 3.8) is 0 Å². The molecule has 1 heterocycles. The van der Waals surface area contributed by atoms with Crippen LogP contribution in [0.25, 0.3) is 0 Å². The molecule has 6 nitrogen and oxygen atoms in total. The van der Waals surface area contributed by atoms with Gasteiger partial charge in [0, 0.05) is 12.2 Å². The molecule has 2 aromatic rings. The van der Waals surface area contributed by atoms with Crippen LogP contribution in [0.2, 0.25) is 10.2 Å². The standard InChI is InChI=1S/C19H17Cl2N3O3/c1-12-8-13(2)10-14(9-12)24(7-3-6-22)17(25)11-27-19(26)18-15(20)4-5-16(21)23-18/h4-5,8-10H,3,7,11H2,1-2H3. The smallest absolute Gasteiger partial charge is 0.359 e. The number of nitriles is 1. The lowest BCUT2D eigenvalue weighted by molar-refractivity contribution is -0.121. The Morgan fingerprint density at radius 3 is 2.48 bits per heavy atom. The first kappa shape index (κ1) is 20.7. The average molecular weight is 406 g/mol. The Balaban J connectivity index is 2.15. The summed E-state index contributed by atoms with van der Waals surface area (Å²) in [7, 11) is 0. The van der Waals surface area contributed by atoms with E-state index >= 15 is 0 Å². The quantitative estimate of drug-likeness (QED) is 0.533. The zero-order chi connectivity index (χ0) is 20.0. The summed E-state index contributed by atoms with van der Waals surface area (Å²) >= 11 is 11.7. The maximum absolute atomic E-state index is 12.6. The number of hydrogen-bond donors (Lipinski definition) is 0. The highest BCUT2D eigenvalue weighted by Crippen LogP contribution is 2.20. The highest BCUT2D eigenvalue weighted by molar-refractivity contribution is 6.34. The fourth-order valence-corrected chi connectivity index (χ4v) is 2.83. The maximum atomic E-state index is 12.6. The van der Waals surface area contributed by atoms with Gasteiger partial charge in [0.05, 0.1) is 17.5 Å². The van der Waals surface area contributed by atoms with E-state index in [9.17, 15) is 9.59 Å². The minimum absolute atomic E-state index is 0.0764. The summed E-state index contributed by atoms with van der Waals surface area (Å²) in [6.45, 7) is 3.50. The number of esters is 1. The molecule has 0 unspecified atom stereocenters. The van der Waals surface area contributed by atoms with Crippen LogP contribution in [-0.4, -0.2) is 30.0 Å². The molecule has 1 amide bonds. The van der Waals surface area contributed by atoms with E-state index in [1.165, 1.54) is 17.0 Å². The van der Waals surface area contributed by atoms with Gasteiger partial charge in [0.25, 0.3) is 5.91 Å². The second-order valence-corrected chi connectivity index (χ2v) is 6.63. The third-order valence-electron chi connectivity index (χ3n) is 3.60. The molecule has 0 aliphatic rings. The predicted octanol–water partition coefficient (Wildman–Crippen LogP) is 4.11. The van der Waals surface area contributed by atoms with Gasteiger partial charge >= 0.3 is 5.97 Å². The van der Waals surface area contributed by atoms with E-state index in [0.717, 1.165) is 11.1 Å². The summed E-state index contributed by atoms with van der Waals surface area (Å²) in [6.07, 6.45) is 0.147. The Hall–Kier alpha value is -2.62. The van der Waals surface area contributed by atoms with Crippen LogP contribution in [0.15, 0.2) is 30.3 Å². The molecule has 8 heteroatoms. The van der Waals surface area contributed by atoms with Crippen molar-refractivity contribution in [2.75, 3.05) is 18.1 Å². The van der Waals surface area contributed by atoms with E-state index in [2.05, 4.69) is 4.98 Å². The SMILES string of the molecule is Cc1cc(C)cc(N(CCC#N)C(=O)COC(=O)c2nc(Cl)ccc2Cl)c1. The van der Waals surface area contributed by atoms with Crippen LogP contribution in [0.5, 0.6) is 0 Å². The molecule has 140 valence electrons. The molecule has 2 rings (SSSR count). The number of hydrogen-bond acceptors (Lipinski definition) is 5. The largest absolute Gasteiger partial charge is 0.451 e. The van der Waals surface area contributed by atoms with Crippen LogP contribution in [-0.2, 0) is 9.53 Å².